The van der Waals surface area contributed by atoms with Crippen LogP contribution in [0.15, 0.2) is 54.9 Å². The molecular formula is C24H25N3O3. The summed E-state index contributed by atoms with van der Waals surface area (Å²) in [5, 5.41) is 9.13. The molecule has 0 radical (unpaired) electrons. The molecule has 3 aromatic rings. The Morgan fingerprint density at radius 2 is 1.90 bits per heavy atom. The van der Waals surface area contributed by atoms with E-state index in [2.05, 4.69) is 22.1 Å². The molecule has 6 heteroatoms. The minimum absolute atomic E-state index is 0.00511. The summed E-state index contributed by atoms with van der Waals surface area (Å²) in [5.74, 6) is -0.516. The standard InChI is InChI=1S/C24H25N3O3/c1-27(11-12-28)24(30)18-14-20-22(21(29)15-18)19(13-16-5-3-2-4-6-16)23(26-20)17-7-9-25-10-8-17/h2-10,18,26,28H,11-15H2,1H3. The van der Waals surface area contributed by atoms with Gasteiger partial charge < -0.3 is 15.0 Å². The van der Waals surface area contributed by atoms with Gasteiger partial charge in [0.2, 0.25) is 5.91 Å². The summed E-state index contributed by atoms with van der Waals surface area (Å²) in [7, 11) is 1.66. The van der Waals surface area contributed by atoms with Gasteiger partial charge in [0, 0.05) is 62.1 Å². The number of hydrogen-bond acceptors (Lipinski definition) is 4. The van der Waals surface area contributed by atoms with Crippen LogP contribution in [0, 0.1) is 5.92 Å². The van der Waals surface area contributed by atoms with Crippen molar-refractivity contribution in [3.05, 3.63) is 77.2 Å². The van der Waals surface area contributed by atoms with Crippen LogP contribution in [0.5, 0.6) is 0 Å². The zero-order valence-electron chi connectivity index (χ0n) is 17.0. The first-order valence-electron chi connectivity index (χ1n) is 10.2. The summed E-state index contributed by atoms with van der Waals surface area (Å²) >= 11 is 0. The normalized spacial score (nSPS) is 15.7. The second kappa shape index (κ2) is 8.63. The Morgan fingerprint density at radius 3 is 2.60 bits per heavy atom. The number of amides is 1. The number of ketones is 1. The number of fused-ring (bicyclic) bond motifs is 1. The lowest BCUT2D eigenvalue weighted by Gasteiger charge is -2.26. The van der Waals surface area contributed by atoms with Crippen LogP contribution in [0.4, 0.5) is 0 Å². The Balaban J connectivity index is 1.74. The maximum absolute atomic E-state index is 13.2. The van der Waals surface area contributed by atoms with E-state index in [9.17, 15) is 9.59 Å². The zero-order valence-corrected chi connectivity index (χ0v) is 17.0. The number of aromatic nitrogens is 2. The third-order valence-electron chi connectivity index (χ3n) is 5.70. The van der Waals surface area contributed by atoms with Crippen LogP contribution in [0.1, 0.15) is 33.6 Å². The SMILES string of the molecule is CN(CCO)C(=O)C1CC(=O)c2c([nH]c(-c3ccncc3)c2Cc2ccccc2)C1. The highest BCUT2D eigenvalue weighted by Gasteiger charge is 2.35. The van der Waals surface area contributed by atoms with Gasteiger partial charge in [-0.15, -0.1) is 0 Å². The Bertz CT molecular complexity index is 1040. The predicted molar refractivity (Wildman–Crippen MR) is 114 cm³/mol. The third kappa shape index (κ3) is 3.91. The molecule has 2 heterocycles. The Morgan fingerprint density at radius 1 is 1.17 bits per heavy atom. The van der Waals surface area contributed by atoms with E-state index in [1.54, 1.807) is 19.4 Å². The lowest BCUT2D eigenvalue weighted by atomic mass is 9.83. The number of Topliss-reactive ketones (excluding diaryl/α,β-unsaturated/α-hetero) is 1. The topological polar surface area (TPSA) is 86.3 Å². The number of nitrogens with zero attached hydrogens (tertiary/aromatic N) is 2. The first-order chi connectivity index (χ1) is 14.6. The number of hydrogen-bond donors (Lipinski definition) is 2. The van der Waals surface area contributed by atoms with Crippen LogP contribution in [-0.2, 0) is 17.6 Å². The number of carbonyl (C=O) groups is 2. The molecule has 30 heavy (non-hydrogen) atoms. The molecule has 2 N–H and O–H groups in total. The maximum atomic E-state index is 13.2. The minimum atomic E-state index is -0.407. The first kappa shape index (κ1) is 20.0. The van der Waals surface area contributed by atoms with Crippen LogP contribution in [0.3, 0.4) is 0 Å². The molecular weight excluding hydrogens is 378 g/mol. The smallest absolute Gasteiger partial charge is 0.226 e. The van der Waals surface area contributed by atoms with Gasteiger partial charge in [-0.2, -0.15) is 0 Å². The quantitative estimate of drug-likeness (QED) is 0.663. The molecule has 154 valence electrons. The molecule has 1 aromatic carbocycles. The molecule has 1 aliphatic rings. The van der Waals surface area contributed by atoms with Gasteiger partial charge in [-0.25, -0.2) is 0 Å². The number of pyridine rings is 1. The fourth-order valence-electron chi connectivity index (χ4n) is 4.22. The summed E-state index contributed by atoms with van der Waals surface area (Å²) in [5.41, 5.74) is 5.53. The van der Waals surface area contributed by atoms with E-state index in [0.717, 1.165) is 33.6 Å². The van der Waals surface area contributed by atoms with Crippen molar-refractivity contribution in [1.82, 2.24) is 14.9 Å². The lowest BCUT2D eigenvalue weighted by molar-refractivity contribution is -0.134. The number of nitrogens with one attached hydrogen (secondary N) is 1. The van der Waals surface area contributed by atoms with Crippen LogP contribution >= 0.6 is 0 Å². The van der Waals surface area contributed by atoms with Crippen molar-refractivity contribution in [3.63, 3.8) is 0 Å². The Hall–Kier alpha value is -3.25. The Kier molecular flexibility index (Phi) is 5.77. The maximum Gasteiger partial charge on any atom is 0.226 e. The van der Waals surface area contributed by atoms with Gasteiger partial charge in [0.15, 0.2) is 5.78 Å². The van der Waals surface area contributed by atoms with Crippen LogP contribution in [0.25, 0.3) is 11.3 Å². The van der Waals surface area contributed by atoms with E-state index in [0.29, 0.717) is 12.8 Å². The van der Waals surface area contributed by atoms with Crippen LogP contribution in [-0.4, -0.2) is 51.9 Å². The first-order valence-corrected chi connectivity index (χ1v) is 10.2. The van der Waals surface area contributed by atoms with Crippen molar-refractivity contribution in [2.75, 3.05) is 20.2 Å². The van der Waals surface area contributed by atoms with Crippen molar-refractivity contribution in [3.8, 4) is 11.3 Å². The van der Waals surface area contributed by atoms with E-state index in [-0.39, 0.29) is 31.3 Å². The van der Waals surface area contributed by atoms with E-state index < -0.39 is 5.92 Å². The van der Waals surface area contributed by atoms with Crippen molar-refractivity contribution in [2.24, 2.45) is 5.92 Å². The van der Waals surface area contributed by atoms with Gasteiger partial charge in [-0.05, 0) is 23.3 Å². The summed E-state index contributed by atoms with van der Waals surface area (Å²) < 4.78 is 0. The number of carbonyl (C=O) groups excluding carboxylic acids is 2. The van der Waals surface area contributed by atoms with Crippen molar-refractivity contribution < 1.29 is 14.7 Å². The number of benzene rings is 1. The minimum Gasteiger partial charge on any atom is -0.395 e. The van der Waals surface area contributed by atoms with Crippen molar-refractivity contribution >= 4 is 11.7 Å². The number of rotatable bonds is 6. The van der Waals surface area contributed by atoms with E-state index in [1.807, 2.05) is 30.3 Å². The van der Waals surface area contributed by atoms with E-state index in [1.165, 1.54) is 4.90 Å². The molecule has 1 unspecified atom stereocenters. The largest absolute Gasteiger partial charge is 0.395 e. The lowest BCUT2D eigenvalue weighted by Crippen LogP contribution is -2.38. The highest BCUT2D eigenvalue weighted by atomic mass is 16.3. The second-order valence-corrected chi connectivity index (χ2v) is 7.74. The third-order valence-corrected chi connectivity index (χ3v) is 5.70. The molecule has 4 rings (SSSR count). The van der Waals surface area contributed by atoms with Crippen molar-refractivity contribution in [1.29, 1.82) is 0 Å². The molecule has 1 amide bonds. The van der Waals surface area contributed by atoms with Gasteiger partial charge in [0.05, 0.1) is 18.2 Å². The molecule has 0 aliphatic heterocycles. The molecule has 1 aliphatic carbocycles. The monoisotopic (exact) mass is 403 g/mol. The zero-order chi connectivity index (χ0) is 21.1. The second-order valence-electron chi connectivity index (χ2n) is 7.74. The van der Waals surface area contributed by atoms with Gasteiger partial charge in [0.1, 0.15) is 0 Å². The summed E-state index contributed by atoms with van der Waals surface area (Å²) in [6, 6.07) is 13.9. The fraction of sp³-hybridized carbons (Fsp3) is 0.292. The van der Waals surface area contributed by atoms with Gasteiger partial charge >= 0.3 is 0 Å². The molecule has 0 saturated heterocycles. The van der Waals surface area contributed by atoms with Gasteiger partial charge in [-0.1, -0.05) is 30.3 Å². The number of aromatic amines is 1. The fourth-order valence-corrected chi connectivity index (χ4v) is 4.22. The highest BCUT2D eigenvalue weighted by molar-refractivity contribution is 6.04. The molecule has 6 nitrogen and oxygen atoms in total. The number of aliphatic hydroxyl groups excluding tert-OH is 1. The average Bonchev–Trinajstić information content (AvgIpc) is 3.13. The summed E-state index contributed by atoms with van der Waals surface area (Å²) in [4.78, 5) is 35.0. The molecule has 1 atom stereocenters. The molecule has 2 aromatic heterocycles. The van der Waals surface area contributed by atoms with E-state index >= 15 is 0 Å². The summed E-state index contributed by atoms with van der Waals surface area (Å²) in [6.07, 6.45) is 4.79. The van der Waals surface area contributed by atoms with Crippen molar-refractivity contribution in [2.45, 2.75) is 19.3 Å². The summed E-state index contributed by atoms with van der Waals surface area (Å²) in [6.45, 7) is 0.173. The molecule has 0 saturated carbocycles. The number of aliphatic hydroxyl groups is 1. The van der Waals surface area contributed by atoms with E-state index in [4.69, 9.17) is 5.11 Å². The molecule has 0 fully saturated rings. The van der Waals surface area contributed by atoms with Crippen LogP contribution in [0.2, 0.25) is 0 Å². The predicted octanol–water partition coefficient (Wildman–Crippen LogP) is 2.86. The Labute approximate surface area is 175 Å². The average molecular weight is 403 g/mol. The van der Waals surface area contributed by atoms with Gasteiger partial charge in [0.25, 0.3) is 0 Å². The molecule has 0 spiro atoms. The van der Waals surface area contributed by atoms with Gasteiger partial charge in [-0.3, -0.25) is 14.6 Å². The number of H-pyrrole nitrogens is 1. The van der Waals surface area contributed by atoms with Crippen LogP contribution < -0.4 is 0 Å². The number of likely N-dealkylation sites (N-methyl/N-ethyl adjacent to an activating group) is 1. The molecule has 0 bridgehead atoms. The highest BCUT2D eigenvalue weighted by Crippen LogP contribution is 2.36.